The molecule has 0 bridgehead atoms. The van der Waals surface area contributed by atoms with E-state index in [2.05, 4.69) is 24.9 Å². The smallest absolute Gasteiger partial charge is 0.257 e. The van der Waals surface area contributed by atoms with E-state index in [0.29, 0.717) is 12.0 Å². The summed E-state index contributed by atoms with van der Waals surface area (Å²) in [5.74, 6) is 0. The molecule has 18 heavy (non-hydrogen) atoms. The van der Waals surface area contributed by atoms with Gasteiger partial charge < -0.3 is 10.7 Å². The van der Waals surface area contributed by atoms with Gasteiger partial charge in [-0.05, 0) is 0 Å². The Labute approximate surface area is 104 Å². The van der Waals surface area contributed by atoms with E-state index in [1.165, 1.54) is 6.20 Å². The Morgan fingerprint density at radius 3 is 2.89 bits per heavy atom. The Hall–Kier alpha value is -1.71. The molecule has 0 spiro atoms. The van der Waals surface area contributed by atoms with Gasteiger partial charge in [0, 0.05) is 37.0 Å². The molecule has 0 aliphatic rings. The van der Waals surface area contributed by atoms with Crippen LogP contribution in [-0.2, 0) is 23.0 Å². The van der Waals surface area contributed by atoms with Crippen LogP contribution in [0.3, 0.4) is 0 Å². The third-order valence-corrected chi connectivity index (χ3v) is 3.88. The quantitative estimate of drug-likeness (QED) is 0.541. The van der Waals surface area contributed by atoms with E-state index in [4.69, 9.17) is 5.73 Å². The molecule has 0 amide bonds. The van der Waals surface area contributed by atoms with Crippen molar-refractivity contribution in [2.75, 3.05) is 6.54 Å². The summed E-state index contributed by atoms with van der Waals surface area (Å²) in [7, 11) is -3.60. The minimum absolute atomic E-state index is 0.0228. The van der Waals surface area contributed by atoms with Crippen LogP contribution in [0.5, 0.6) is 0 Å². The van der Waals surface area contributed by atoms with E-state index in [1.54, 1.807) is 12.5 Å². The first-order valence-electron chi connectivity index (χ1n) is 5.32. The Kier molecular flexibility index (Phi) is 3.75. The number of aromatic amines is 2. The Morgan fingerprint density at radius 2 is 2.22 bits per heavy atom. The van der Waals surface area contributed by atoms with Gasteiger partial charge in [0.1, 0.15) is 0 Å². The van der Waals surface area contributed by atoms with Crippen molar-refractivity contribution in [1.29, 1.82) is 0 Å². The Morgan fingerprint density at radius 1 is 1.39 bits per heavy atom. The van der Waals surface area contributed by atoms with Crippen molar-refractivity contribution >= 4 is 10.0 Å². The van der Waals surface area contributed by atoms with Crippen LogP contribution in [-0.4, -0.2) is 35.1 Å². The maximum atomic E-state index is 11.9. The molecule has 0 radical (unpaired) electrons. The van der Waals surface area contributed by atoms with Crippen molar-refractivity contribution in [2.45, 2.75) is 18.0 Å². The van der Waals surface area contributed by atoms with Crippen LogP contribution < -0.4 is 10.5 Å². The van der Waals surface area contributed by atoms with Crippen molar-refractivity contribution in [3.05, 3.63) is 30.0 Å². The van der Waals surface area contributed by atoms with E-state index in [9.17, 15) is 8.42 Å². The molecule has 0 saturated carbocycles. The largest absolute Gasteiger partial charge is 0.348 e. The zero-order valence-corrected chi connectivity index (χ0v) is 10.4. The van der Waals surface area contributed by atoms with Crippen molar-refractivity contribution in [3.8, 4) is 0 Å². The lowest BCUT2D eigenvalue weighted by molar-refractivity contribution is 0.575. The number of H-pyrrole nitrogens is 2. The van der Waals surface area contributed by atoms with Crippen LogP contribution in [0, 0.1) is 0 Å². The zero-order chi connectivity index (χ0) is 13.0. The predicted octanol–water partition coefficient (Wildman–Crippen LogP) is -0.887. The third-order valence-electron chi connectivity index (χ3n) is 2.41. The summed E-state index contributed by atoms with van der Waals surface area (Å²) in [6, 6.07) is 0. The Bertz CT molecular complexity index is 588. The minimum Gasteiger partial charge on any atom is -0.348 e. The highest BCUT2D eigenvalue weighted by Crippen LogP contribution is 2.10. The van der Waals surface area contributed by atoms with Crippen LogP contribution in [0.15, 0.2) is 23.7 Å². The number of nitrogens with zero attached hydrogens (tertiary/aromatic N) is 2. The molecule has 0 atom stereocenters. The van der Waals surface area contributed by atoms with E-state index in [0.717, 1.165) is 5.69 Å². The molecular weight excluding hydrogens is 256 g/mol. The van der Waals surface area contributed by atoms with Crippen molar-refractivity contribution in [1.82, 2.24) is 24.9 Å². The summed E-state index contributed by atoms with van der Waals surface area (Å²) >= 11 is 0. The van der Waals surface area contributed by atoms with Gasteiger partial charge in [-0.25, -0.2) is 18.1 Å². The highest BCUT2D eigenvalue weighted by Gasteiger charge is 2.19. The van der Waals surface area contributed by atoms with Crippen molar-refractivity contribution in [2.24, 2.45) is 5.73 Å². The third kappa shape index (κ3) is 2.75. The number of hydrogen-bond donors (Lipinski definition) is 4. The average molecular weight is 270 g/mol. The van der Waals surface area contributed by atoms with Gasteiger partial charge in [0.25, 0.3) is 10.0 Å². The molecule has 0 unspecified atom stereocenters. The molecule has 9 heteroatoms. The predicted molar refractivity (Wildman–Crippen MR) is 64.0 cm³/mol. The van der Waals surface area contributed by atoms with Gasteiger partial charge in [0.2, 0.25) is 0 Å². The van der Waals surface area contributed by atoms with Crippen LogP contribution in [0.2, 0.25) is 0 Å². The molecule has 0 aliphatic carbocycles. The molecule has 2 rings (SSSR count). The summed E-state index contributed by atoms with van der Waals surface area (Å²) < 4.78 is 26.3. The number of nitrogens with two attached hydrogens (primary N) is 1. The molecule has 0 fully saturated rings. The first-order valence-corrected chi connectivity index (χ1v) is 6.81. The zero-order valence-electron chi connectivity index (χ0n) is 9.55. The summed E-state index contributed by atoms with van der Waals surface area (Å²) in [5.41, 5.74) is 6.76. The molecule has 2 heterocycles. The first-order chi connectivity index (χ1) is 8.63. The van der Waals surface area contributed by atoms with Crippen molar-refractivity contribution in [3.63, 3.8) is 0 Å². The van der Waals surface area contributed by atoms with E-state index in [1.807, 2.05) is 0 Å². The van der Waals surface area contributed by atoms with Crippen LogP contribution in [0.1, 0.15) is 11.3 Å². The normalized spacial score (nSPS) is 11.8. The fourth-order valence-corrected chi connectivity index (χ4v) is 2.66. The molecule has 8 nitrogen and oxygen atoms in total. The molecule has 0 aliphatic heterocycles. The van der Waals surface area contributed by atoms with Gasteiger partial charge in [-0.3, -0.25) is 5.10 Å². The van der Waals surface area contributed by atoms with Gasteiger partial charge in [0.15, 0.2) is 5.03 Å². The second-order valence-corrected chi connectivity index (χ2v) is 5.36. The second kappa shape index (κ2) is 5.29. The molecule has 2 aromatic rings. The minimum atomic E-state index is -3.60. The lowest BCUT2D eigenvalue weighted by Crippen LogP contribution is -2.27. The summed E-state index contributed by atoms with van der Waals surface area (Å²) in [5, 5.41) is 6.14. The molecule has 98 valence electrons. The SMILES string of the molecule is NCc1cn[nH]c1S(=O)(=O)NCCc1cnc[nH]1. The van der Waals surface area contributed by atoms with E-state index < -0.39 is 10.0 Å². The number of aromatic nitrogens is 4. The number of nitrogens with one attached hydrogen (secondary N) is 3. The van der Waals surface area contributed by atoms with Gasteiger partial charge >= 0.3 is 0 Å². The van der Waals surface area contributed by atoms with Crippen molar-refractivity contribution < 1.29 is 8.42 Å². The van der Waals surface area contributed by atoms with Crippen LogP contribution >= 0.6 is 0 Å². The second-order valence-electron chi connectivity index (χ2n) is 3.65. The maximum absolute atomic E-state index is 11.9. The number of imidazole rings is 1. The lowest BCUT2D eigenvalue weighted by Gasteiger charge is -2.05. The first kappa shape index (κ1) is 12.7. The molecule has 0 saturated heterocycles. The molecule has 2 aromatic heterocycles. The molecule has 5 N–H and O–H groups in total. The summed E-state index contributed by atoms with van der Waals surface area (Å²) in [6.45, 7) is 0.390. The lowest BCUT2D eigenvalue weighted by atomic mass is 10.3. The standard InChI is InChI=1S/C9H14N6O2S/c10-3-7-4-13-15-9(7)18(16,17)14-2-1-8-5-11-6-12-8/h4-6,14H,1-3,10H2,(H,11,12)(H,13,15). The molecular formula is C9H14N6O2S. The summed E-state index contributed by atoms with van der Waals surface area (Å²) in [6.07, 6.45) is 5.13. The topological polar surface area (TPSA) is 130 Å². The van der Waals surface area contributed by atoms with E-state index >= 15 is 0 Å². The summed E-state index contributed by atoms with van der Waals surface area (Å²) in [4.78, 5) is 6.74. The molecule has 0 aromatic carbocycles. The number of rotatable bonds is 6. The number of sulfonamides is 1. The van der Waals surface area contributed by atoms with Gasteiger partial charge in [-0.1, -0.05) is 0 Å². The highest BCUT2D eigenvalue weighted by atomic mass is 32.2. The fourth-order valence-electron chi connectivity index (χ4n) is 1.49. The number of hydrogen-bond acceptors (Lipinski definition) is 5. The van der Waals surface area contributed by atoms with Crippen LogP contribution in [0.4, 0.5) is 0 Å². The monoisotopic (exact) mass is 270 g/mol. The fraction of sp³-hybridized carbons (Fsp3) is 0.333. The van der Waals surface area contributed by atoms with Gasteiger partial charge in [0.05, 0.1) is 12.5 Å². The maximum Gasteiger partial charge on any atom is 0.257 e. The highest BCUT2D eigenvalue weighted by molar-refractivity contribution is 7.89. The van der Waals surface area contributed by atoms with E-state index in [-0.39, 0.29) is 18.1 Å². The Balaban J connectivity index is 1.99. The van der Waals surface area contributed by atoms with Gasteiger partial charge in [-0.15, -0.1) is 0 Å². The average Bonchev–Trinajstić information content (AvgIpc) is 2.99. The van der Waals surface area contributed by atoms with Gasteiger partial charge in [-0.2, -0.15) is 5.10 Å². The van der Waals surface area contributed by atoms with Crippen LogP contribution in [0.25, 0.3) is 0 Å².